The molecule has 2 heterocycles. The van der Waals surface area contributed by atoms with E-state index in [1.54, 1.807) is 25.4 Å². The van der Waals surface area contributed by atoms with E-state index in [2.05, 4.69) is 40.1 Å². The predicted molar refractivity (Wildman–Crippen MR) is 130 cm³/mol. The molecule has 8 heteroatoms. The average molecular weight is 526 g/mol. The van der Waals surface area contributed by atoms with Crippen LogP contribution < -0.4 is 10.6 Å². The van der Waals surface area contributed by atoms with E-state index >= 15 is 0 Å². The standard InChI is InChI=1S/C21H26N4O2S.HI/c1-15-17-8-4-5-9-18(17)27-19(15)13-23-21(24-14-20(26)25(2)3)22-11-10-16-7-6-12-28-16;/h4-9,12H,10-11,13-14H2,1-3H3,(H2,22,23,24);1H. The Morgan fingerprint density at radius 2 is 1.97 bits per heavy atom. The summed E-state index contributed by atoms with van der Waals surface area (Å²) in [4.78, 5) is 19.2. The fraction of sp³-hybridized carbons (Fsp3) is 0.333. The van der Waals surface area contributed by atoms with Crippen LogP contribution in [0.25, 0.3) is 11.0 Å². The molecule has 0 saturated heterocycles. The Kier molecular flexibility index (Phi) is 8.97. The van der Waals surface area contributed by atoms with Crippen LogP contribution in [0.4, 0.5) is 0 Å². The van der Waals surface area contributed by atoms with Crippen molar-refractivity contribution < 1.29 is 9.21 Å². The molecule has 0 spiro atoms. The van der Waals surface area contributed by atoms with E-state index in [-0.39, 0.29) is 36.4 Å². The maximum absolute atomic E-state index is 11.9. The normalized spacial score (nSPS) is 11.2. The second kappa shape index (κ2) is 11.2. The first-order valence-corrected chi connectivity index (χ1v) is 10.1. The molecule has 156 valence electrons. The summed E-state index contributed by atoms with van der Waals surface area (Å²) in [6, 6.07) is 12.2. The molecule has 0 fully saturated rings. The number of fused-ring (bicyclic) bond motifs is 1. The Labute approximate surface area is 192 Å². The van der Waals surface area contributed by atoms with Gasteiger partial charge < -0.3 is 20.0 Å². The molecule has 3 aromatic rings. The molecule has 2 aromatic heterocycles. The molecular weight excluding hydrogens is 499 g/mol. The Bertz CT molecular complexity index is 951. The third-order valence-electron chi connectivity index (χ3n) is 4.47. The number of carbonyl (C=O) groups excluding carboxylic acids is 1. The van der Waals surface area contributed by atoms with Gasteiger partial charge in [0, 0.05) is 36.5 Å². The number of benzene rings is 1. The summed E-state index contributed by atoms with van der Waals surface area (Å²) in [5.74, 6) is 1.43. The van der Waals surface area contributed by atoms with Crippen LogP contribution in [-0.2, 0) is 17.8 Å². The summed E-state index contributed by atoms with van der Waals surface area (Å²) < 4.78 is 5.96. The van der Waals surface area contributed by atoms with Crippen LogP contribution in [0.5, 0.6) is 0 Å². The molecule has 1 aromatic carbocycles. The molecular formula is C21H27IN4O2S. The third kappa shape index (κ3) is 6.46. The first kappa shape index (κ1) is 23.2. The minimum absolute atomic E-state index is 0. The lowest BCUT2D eigenvalue weighted by Crippen LogP contribution is -2.39. The summed E-state index contributed by atoms with van der Waals surface area (Å²) >= 11 is 1.74. The summed E-state index contributed by atoms with van der Waals surface area (Å²) in [5, 5.41) is 9.79. The van der Waals surface area contributed by atoms with E-state index in [1.165, 1.54) is 9.78 Å². The molecule has 0 aliphatic heterocycles. The van der Waals surface area contributed by atoms with Gasteiger partial charge in [0.25, 0.3) is 0 Å². The number of nitrogens with zero attached hydrogens (tertiary/aromatic N) is 2. The van der Waals surface area contributed by atoms with Crippen molar-refractivity contribution in [1.82, 2.24) is 15.5 Å². The van der Waals surface area contributed by atoms with Crippen LogP contribution in [0, 0.1) is 6.92 Å². The van der Waals surface area contributed by atoms with Gasteiger partial charge in [-0.05, 0) is 30.9 Å². The molecule has 0 saturated carbocycles. The Morgan fingerprint density at radius 3 is 2.66 bits per heavy atom. The highest BCUT2D eigenvalue weighted by Crippen LogP contribution is 2.24. The maximum atomic E-state index is 11.9. The second-order valence-electron chi connectivity index (χ2n) is 6.71. The number of likely N-dealkylation sites (N-methyl/N-ethyl adjacent to an activating group) is 1. The molecule has 6 nitrogen and oxygen atoms in total. The van der Waals surface area contributed by atoms with Crippen LogP contribution in [-0.4, -0.2) is 44.0 Å². The fourth-order valence-corrected chi connectivity index (χ4v) is 3.49. The van der Waals surface area contributed by atoms with Gasteiger partial charge in [-0.15, -0.1) is 35.3 Å². The molecule has 0 radical (unpaired) electrons. The van der Waals surface area contributed by atoms with Crippen molar-refractivity contribution in [3.8, 4) is 0 Å². The van der Waals surface area contributed by atoms with E-state index in [0.717, 1.165) is 35.3 Å². The summed E-state index contributed by atoms with van der Waals surface area (Å²) in [7, 11) is 3.46. The number of amides is 1. The number of para-hydroxylation sites is 1. The molecule has 0 bridgehead atoms. The molecule has 0 aliphatic rings. The highest BCUT2D eigenvalue weighted by atomic mass is 127. The number of furan rings is 1. The highest BCUT2D eigenvalue weighted by molar-refractivity contribution is 14.0. The minimum Gasteiger partial charge on any atom is -0.459 e. The van der Waals surface area contributed by atoms with Crippen LogP contribution in [0.1, 0.15) is 16.2 Å². The zero-order chi connectivity index (χ0) is 19.9. The summed E-state index contributed by atoms with van der Waals surface area (Å²) in [5.41, 5.74) is 1.99. The number of guanidine groups is 1. The monoisotopic (exact) mass is 526 g/mol. The van der Waals surface area contributed by atoms with Gasteiger partial charge in [-0.1, -0.05) is 24.3 Å². The summed E-state index contributed by atoms with van der Waals surface area (Å²) in [6.07, 6.45) is 0.906. The number of halogens is 1. The lowest BCUT2D eigenvalue weighted by molar-refractivity contribution is -0.127. The van der Waals surface area contributed by atoms with Gasteiger partial charge in [0.1, 0.15) is 17.9 Å². The van der Waals surface area contributed by atoms with Gasteiger partial charge in [0.15, 0.2) is 5.96 Å². The van der Waals surface area contributed by atoms with Gasteiger partial charge in [-0.2, -0.15) is 0 Å². The van der Waals surface area contributed by atoms with Gasteiger partial charge >= 0.3 is 0 Å². The van der Waals surface area contributed by atoms with Crippen molar-refractivity contribution in [2.45, 2.75) is 19.9 Å². The van der Waals surface area contributed by atoms with E-state index in [1.807, 2.05) is 24.3 Å². The lowest BCUT2D eigenvalue weighted by Gasteiger charge is -2.13. The quantitative estimate of drug-likeness (QED) is 0.279. The molecule has 29 heavy (non-hydrogen) atoms. The molecule has 2 N–H and O–H groups in total. The second-order valence-corrected chi connectivity index (χ2v) is 7.74. The number of aliphatic imine (C=N–C) groups is 1. The molecule has 0 aliphatic carbocycles. The van der Waals surface area contributed by atoms with Crippen molar-refractivity contribution in [1.29, 1.82) is 0 Å². The SMILES string of the molecule is Cc1c(CNC(=NCC(=O)N(C)C)NCCc2cccs2)oc2ccccc12.I. The molecule has 0 atom stereocenters. The average Bonchev–Trinajstić information content (AvgIpc) is 3.31. The van der Waals surface area contributed by atoms with Crippen molar-refractivity contribution in [3.63, 3.8) is 0 Å². The van der Waals surface area contributed by atoms with Gasteiger partial charge in [-0.25, -0.2) is 4.99 Å². The number of nitrogens with one attached hydrogen (secondary N) is 2. The van der Waals surface area contributed by atoms with Gasteiger partial charge in [-0.3, -0.25) is 4.79 Å². The number of carbonyl (C=O) groups is 1. The van der Waals surface area contributed by atoms with Gasteiger partial charge in [0.2, 0.25) is 5.91 Å². The van der Waals surface area contributed by atoms with Crippen molar-refractivity contribution in [3.05, 3.63) is 58.0 Å². The fourth-order valence-electron chi connectivity index (χ4n) is 2.78. The predicted octanol–water partition coefficient (Wildman–Crippen LogP) is 3.79. The topological polar surface area (TPSA) is 69.9 Å². The van der Waals surface area contributed by atoms with Crippen LogP contribution in [0.2, 0.25) is 0 Å². The summed E-state index contributed by atoms with van der Waals surface area (Å²) in [6.45, 7) is 3.39. The Morgan fingerprint density at radius 1 is 1.17 bits per heavy atom. The Hall–Kier alpha value is -2.07. The molecule has 1 amide bonds. The molecule has 3 rings (SSSR count). The van der Waals surface area contributed by atoms with Crippen LogP contribution in [0.15, 0.2) is 51.2 Å². The highest BCUT2D eigenvalue weighted by Gasteiger charge is 2.11. The van der Waals surface area contributed by atoms with Crippen molar-refractivity contribution in [2.24, 2.45) is 4.99 Å². The van der Waals surface area contributed by atoms with E-state index in [4.69, 9.17) is 4.42 Å². The number of hydrogen-bond acceptors (Lipinski definition) is 4. The number of hydrogen-bond donors (Lipinski definition) is 2. The number of thiophene rings is 1. The smallest absolute Gasteiger partial charge is 0.243 e. The minimum atomic E-state index is -0.0423. The van der Waals surface area contributed by atoms with E-state index < -0.39 is 0 Å². The third-order valence-corrected chi connectivity index (χ3v) is 5.41. The maximum Gasteiger partial charge on any atom is 0.243 e. The largest absolute Gasteiger partial charge is 0.459 e. The molecule has 0 unspecified atom stereocenters. The number of rotatable bonds is 7. The zero-order valence-corrected chi connectivity index (χ0v) is 20.0. The van der Waals surface area contributed by atoms with Crippen molar-refractivity contribution in [2.75, 3.05) is 27.2 Å². The first-order chi connectivity index (χ1) is 13.5. The van der Waals surface area contributed by atoms with E-state index in [0.29, 0.717) is 12.5 Å². The van der Waals surface area contributed by atoms with Crippen LogP contribution >= 0.6 is 35.3 Å². The van der Waals surface area contributed by atoms with Crippen LogP contribution in [0.3, 0.4) is 0 Å². The number of aryl methyl sites for hydroxylation is 1. The van der Waals surface area contributed by atoms with Crippen molar-refractivity contribution >= 4 is 58.1 Å². The Balaban J connectivity index is 0.00000300. The van der Waals surface area contributed by atoms with Gasteiger partial charge in [0.05, 0.1) is 6.54 Å². The zero-order valence-electron chi connectivity index (χ0n) is 16.9. The van der Waals surface area contributed by atoms with E-state index in [9.17, 15) is 4.79 Å². The first-order valence-electron chi connectivity index (χ1n) is 9.26. The lowest BCUT2D eigenvalue weighted by atomic mass is 10.1.